The molecule has 5 nitrogen and oxygen atoms in total. The lowest BCUT2D eigenvalue weighted by molar-refractivity contribution is -0.148. The van der Waals surface area contributed by atoms with Crippen LogP contribution in [0, 0.1) is 0 Å². The van der Waals surface area contributed by atoms with E-state index in [-0.39, 0.29) is 24.9 Å². The van der Waals surface area contributed by atoms with Gasteiger partial charge in [0.2, 0.25) is 0 Å². The van der Waals surface area contributed by atoms with Crippen molar-refractivity contribution in [3.05, 3.63) is 59.1 Å². The van der Waals surface area contributed by atoms with Crippen molar-refractivity contribution in [2.24, 2.45) is 0 Å². The molecular formula is C20H19ClN2O3S2. The van der Waals surface area contributed by atoms with Crippen LogP contribution >= 0.6 is 34.7 Å². The predicted octanol–water partition coefficient (Wildman–Crippen LogP) is 4.68. The molecule has 0 aliphatic rings. The number of nitrogens with one attached hydrogen (secondary N) is 1. The number of fused-ring (bicyclic) bond motifs is 1. The van der Waals surface area contributed by atoms with Crippen molar-refractivity contribution in [3.63, 3.8) is 0 Å². The van der Waals surface area contributed by atoms with E-state index in [2.05, 4.69) is 10.3 Å². The number of carbonyl (C=O) groups excluding carboxylic acids is 2. The normalized spacial score (nSPS) is 10.8. The van der Waals surface area contributed by atoms with Gasteiger partial charge in [-0.15, -0.1) is 11.3 Å². The Morgan fingerprint density at radius 2 is 1.93 bits per heavy atom. The van der Waals surface area contributed by atoms with Crippen LogP contribution in [0.15, 0.2) is 52.9 Å². The van der Waals surface area contributed by atoms with E-state index < -0.39 is 0 Å². The van der Waals surface area contributed by atoms with Crippen LogP contribution in [0.4, 0.5) is 0 Å². The average Bonchev–Trinajstić information content (AvgIpc) is 3.12. The molecule has 1 amide bonds. The minimum atomic E-state index is -0.369. The Morgan fingerprint density at radius 3 is 2.71 bits per heavy atom. The summed E-state index contributed by atoms with van der Waals surface area (Å²) >= 11 is 9.10. The zero-order chi connectivity index (χ0) is 19.8. The molecule has 0 atom stereocenters. The topological polar surface area (TPSA) is 68.3 Å². The second kappa shape index (κ2) is 10.5. The number of hydrogen-bond donors (Lipinski definition) is 1. The fourth-order valence-corrected chi connectivity index (χ4v) is 4.57. The van der Waals surface area contributed by atoms with E-state index in [4.69, 9.17) is 16.3 Å². The molecule has 0 saturated heterocycles. The van der Waals surface area contributed by atoms with E-state index >= 15 is 0 Å². The molecule has 2 aromatic carbocycles. The molecule has 3 rings (SSSR count). The molecule has 146 valence electrons. The Hall–Kier alpha value is -2.09. The maximum Gasteiger partial charge on any atom is 0.306 e. The highest BCUT2D eigenvalue weighted by Gasteiger charge is 2.09. The summed E-state index contributed by atoms with van der Waals surface area (Å²) in [7, 11) is 0. The number of ether oxygens (including phenoxy) is 1. The molecule has 1 aromatic heterocycles. The van der Waals surface area contributed by atoms with Crippen molar-refractivity contribution < 1.29 is 14.3 Å². The van der Waals surface area contributed by atoms with Gasteiger partial charge < -0.3 is 10.1 Å². The highest BCUT2D eigenvalue weighted by Crippen LogP contribution is 2.29. The third-order valence-electron chi connectivity index (χ3n) is 3.79. The van der Waals surface area contributed by atoms with Crippen LogP contribution in [0.25, 0.3) is 10.2 Å². The van der Waals surface area contributed by atoms with Crippen LogP contribution < -0.4 is 5.32 Å². The molecule has 0 saturated carbocycles. The number of aromatic nitrogens is 1. The van der Waals surface area contributed by atoms with Crippen LogP contribution in [0.5, 0.6) is 0 Å². The van der Waals surface area contributed by atoms with Crippen LogP contribution in [0.3, 0.4) is 0 Å². The summed E-state index contributed by atoms with van der Waals surface area (Å²) in [5.41, 5.74) is 1.93. The standard InChI is InChI=1S/C20H19ClN2O3S2/c21-15-9-7-14(8-10-15)12-22-18(24)13-26-19(25)6-3-11-27-20-23-16-4-1-2-5-17(16)28-20/h1-2,4-5,7-10H,3,6,11-13H2,(H,22,24). The van der Waals surface area contributed by atoms with Gasteiger partial charge in [0.1, 0.15) is 0 Å². The summed E-state index contributed by atoms with van der Waals surface area (Å²) in [5, 5.41) is 3.35. The molecule has 0 unspecified atom stereocenters. The SMILES string of the molecule is O=C(COC(=O)CCCSc1nc2ccccc2s1)NCc1ccc(Cl)cc1. The van der Waals surface area contributed by atoms with Gasteiger partial charge >= 0.3 is 5.97 Å². The minimum absolute atomic E-state index is 0.266. The highest BCUT2D eigenvalue weighted by molar-refractivity contribution is 8.01. The summed E-state index contributed by atoms with van der Waals surface area (Å²) in [6.45, 7) is 0.101. The number of nitrogens with zero attached hydrogens (tertiary/aromatic N) is 1. The molecule has 0 spiro atoms. The van der Waals surface area contributed by atoms with E-state index in [0.29, 0.717) is 18.0 Å². The Kier molecular flexibility index (Phi) is 7.71. The molecule has 1 heterocycles. The van der Waals surface area contributed by atoms with Crippen LogP contribution in [-0.4, -0.2) is 29.2 Å². The first-order valence-electron chi connectivity index (χ1n) is 8.75. The third-order valence-corrected chi connectivity index (χ3v) is 6.31. The van der Waals surface area contributed by atoms with Crippen LogP contribution in [0.1, 0.15) is 18.4 Å². The fraction of sp³-hybridized carbons (Fsp3) is 0.250. The van der Waals surface area contributed by atoms with Gasteiger partial charge in [-0.1, -0.05) is 47.6 Å². The zero-order valence-electron chi connectivity index (χ0n) is 15.0. The van der Waals surface area contributed by atoms with E-state index in [9.17, 15) is 9.59 Å². The Morgan fingerprint density at radius 1 is 1.14 bits per heavy atom. The number of amides is 1. The van der Waals surface area contributed by atoms with Gasteiger partial charge in [-0.25, -0.2) is 4.98 Å². The number of halogens is 1. The van der Waals surface area contributed by atoms with Gasteiger partial charge in [0.25, 0.3) is 5.91 Å². The lowest BCUT2D eigenvalue weighted by atomic mass is 10.2. The molecule has 0 aliphatic carbocycles. The molecule has 28 heavy (non-hydrogen) atoms. The molecule has 1 N–H and O–H groups in total. The van der Waals surface area contributed by atoms with Gasteiger partial charge in [0.05, 0.1) is 10.2 Å². The second-order valence-corrected chi connectivity index (χ2v) is 8.77. The van der Waals surface area contributed by atoms with Crippen molar-refractivity contribution >= 4 is 56.8 Å². The smallest absolute Gasteiger partial charge is 0.306 e. The second-order valence-electron chi connectivity index (χ2n) is 5.96. The Labute approximate surface area is 176 Å². The van der Waals surface area contributed by atoms with Crippen molar-refractivity contribution in [2.75, 3.05) is 12.4 Å². The summed E-state index contributed by atoms with van der Waals surface area (Å²) in [6, 6.07) is 15.2. The lowest BCUT2D eigenvalue weighted by Gasteiger charge is -2.07. The monoisotopic (exact) mass is 434 g/mol. The quantitative estimate of drug-likeness (QED) is 0.301. The van der Waals surface area contributed by atoms with Crippen molar-refractivity contribution in [1.82, 2.24) is 10.3 Å². The Balaban J connectivity index is 1.28. The van der Waals surface area contributed by atoms with Crippen LogP contribution in [-0.2, 0) is 20.9 Å². The molecule has 0 radical (unpaired) electrons. The summed E-state index contributed by atoms with van der Waals surface area (Å²) < 4.78 is 7.17. The molecule has 3 aromatic rings. The van der Waals surface area contributed by atoms with Gasteiger partial charge in [0, 0.05) is 23.7 Å². The molecule has 0 bridgehead atoms. The first-order valence-corrected chi connectivity index (χ1v) is 10.9. The maximum absolute atomic E-state index is 11.8. The van der Waals surface area contributed by atoms with Gasteiger partial charge in [-0.3, -0.25) is 9.59 Å². The third kappa shape index (κ3) is 6.51. The number of carbonyl (C=O) groups is 2. The lowest BCUT2D eigenvalue weighted by Crippen LogP contribution is -2.28. The first-order chi connectivity index (χ1) is 13.6. The predicted molar refractivity (Wildman–Crippen MR) is 114 cm³/mol. The van der Waals surface area contributed by atoms with Crippen molar-refractivity contribution in [3.8, 4) is 0 Å². The number of rotatable bonds is 9. The van der Waals surface area contributed by atoms with Gasteiger partial charge in [0.15, 0.2) is 10.9 Å². The van der Waals surface area contributed by atoms with Crippen molar-refractivity contribution in [1.29, 1.82) is 0 Å². The average molecular weight is 435 g/mol. The zero-order valence-corrected chi connectivity index (χ0v) is 17.4. The fourth-order valence-electron chi connectivity index (χ4n) is 2.36. The summed E-state index contributed by atoms with van der Waals surface area (Å²) in [5.74, 6) is 0.0798. The summed E-state index contributed by atoms with van der Waals surface area (Å²) in [6.07, 6.45) is 0.953. The first kappa shape index (κ1) is 20.6. The largest absolute Gasteiger partial charge is 0.456 e. The molecule has 8 heteroatoms. The van der Waals surface area contributed by atoms with Crippen molar-refractivity contribution in [2.45, 2.75) is 23.7 Å². The van der Waals surface area contributed by atoms with E-state index in [1.165, 1.54) is 0 Å². The molecule has 0 aliphatic heterocycles. The molecular weight excluding hydrogens is 416 g/mol. The van der Waals surface area contributed by atoms with E-state index in [0.717, 1.165) is 25.9 Å². The number of esters is 1. The maximum atomic E-state index is 11.8. The van der Waals surface area contributed by atoms with E-state index in [1.54, 1.807) is 35.2 Å². The van der Waals surface area contributed by atoms with E-state index in [1.807, 2.05) is 36.4 Å². The number of thioether (sulfide) groups is 1. The Bertz CT molecular complexity index is 911. The highest BCUT2D eigenvalue weighted by atomic mass is 35.5. The number of para-hydroxylation sites is 1. The van der Waals surface area contributed by atoms with Gasteiger partial charge in [-0.2, -0.15) is 0 Å². The number of thiazole rings is 1. The van der Waals surface area contributed by atoms with Gasteiger partial charge in [-0.05, 0) is 36.2 Å². The molecule has 0 fully saturated rings. The minimum Gasteiger partial charge on any atom is -0.456 e. The van der Waals surface area contributed by atoms with Crippen LogP contribution in [0.2, 0.25) is 5.02 Å². The summed E-state index contributed by atoms with van der Waals surface area (Å²) in [4.78, 5) is 28.1. The number of benzene rings is 2. The number of hydrogen-bond acceptors (Lipinski definition) is 6.